The number of aliphatic hydroxyl groups is 1. The molecule has 2 rings (SSSR count). The number of aromatic nitrogens is 1. The lowest BCUT2D eigenvalue weighted by Crippen LogP contribution is -2.34. The van der Waals surface area contributed by atoms with E-state index in [4.69, 9.17) is 4.98 Å². The Balaban J connectivity index is 2.13. The average Bonchev–Trinajstić information content (AvgIpc) is 2.90. The molecule has 1 aromatic rings. The number of thiazole rings is 1. The van der Waals surface area contributed by atoms with E-state index in [1.807, 2.05) is 0 Å². The molecule has 1 aromatic heterocycles. The minimum atomic E-state index is 0.118. The second-order valence-electron chi connectivity index (χ2n) is 6.30. The predicted molar refractivity (Wildman–Crippen MR) is 86.6 cm³/mol. The van der Waals surface area contributed by atoms with Crippen LogP contribution in [0.15, 0.2) is 0 Å². The molecule has 1 aliphatic carbocycles. The Labute approximate surface area is 127 Å². The van der Waals surface area contributed by atoms with Gasteiger partial charge in [0, 0.05) is 13.1 Å². The highest BCUT2D eigenvalue weighted by Crippen LogP contribution is 2.35. The smallest absolute Gasteiger partial charge is 0.185 e. The summed E-state index contributed by atoms with van der Waals surface area (Å²) in [6, 6.07) is 0.619. The standard InChI is InChI=1S/C16H28N2OS/c1-5-12(3)15-14(10-19)20-16(17-15)18(4)13-8-6-11(2)7-9-13/h11-13,19H,5-10H2,1-4H3. The summed E-state index contributed by atoms with van der Waals surface area (Å²) < 4.78 is 0. The van der Waals surface area contributed by atoms with Gasteiger partial charge in [0.05, 0.1) is 17.2 Å². The molecular weight excluding hydrogens is 268 g/mol. The van der Waals surface area contributed by atoms with Crippen molar-refractivity contribution in [3.8, 4) is 0 Å². The van der Waals surface area contributed by atoms with E-state index >= 15 is 0 Å². The first-order valence-corrected chi connectivity index (χ1v) is 8.71. The highest BCUT2D eigenvalue weighted by Gasteiger charge is 2.25. The zero-order chi connectivity index (χ0) is 14.7. The third-order valence-corrected chi connectivity index (χ3v) is 5.92. The lowest BCUT2D eigenvalue weighted by atomic mass is 9.87. The van der Waals surface area contributed by atoms with Crippen molar-refractivity contribution in [2.45, 2.75) is 71.4 Å². The first-order valence-electron chi connectivity index (χ1n) is 7.90. The normalized spacial score (nSPS) is 24.6. The summed E-state index contributed by atoms with van der Waals surface area (Å²) >= 11 is 1.67. The second kappa shape index (κ2) is 6.90. The van der Waals surface area contributed by atoms with Crippen molar-refractivity contribution < 1.29 is 5.11 Å². The van der Waals surface area contributed by atoms with Crippen LogP contribution in [0, 0.1) is 5.92 Å². The molecule has 0 radical (unpaired) electrons. The number of hydrogen-bond acceptors (Lipinski definition) is 4. The summed E-state index contributed by atoms with van der Waals surface area (Å²) in [6.45, 7) is 6.84. The van der Waals surface area contributed by atoms with Crippen LogP contribution in [0.1, 0.15) is 69.4 Å². The molecule has 0 bridgehead atoms. The van der Waals surface area contributed by atoms with Gasteiger partial charge in [0.15, 0.2) is 5.13 Å². The summed E-state index contributed by atoms with van der Waals surface area (Å²) in [5.41, 5.74) is 1.10. The molecule has 20 heavy (non-hydrogen) atoms. The van der Waals surface area contributed by atoms with Crippen molar-refractivity contribution in [1.82, 2.24) is 4.98 Å². The van der Waals surface area contributed by atoms with Crippen molar-refractivity contribution in [3.05, 3.63) is 10.6 Å². The van der Waals surface area contributed by atoms with Gasteiger partial charge in [-0.2, -0.15) is 0 Å². The Bertz CT molecular complexity index is 424. The van der Waals surface area contributed by atoms with E-state index in [1.54, 1.807) is 11.3 Å². The maximum Gasteiger partial charge on any atom is 0.185 e. The first kappa shape index (κ1) is 15.8. The molecule has 0 aliphatic heterocycles. The van der Waals surface area contributed by atoms with Crippen LogP contribution >= 0.6 is 11.3 Å². The van der Waals surface area contributed by atoms with Crippen molar-refractivity contribution >= 4 is 16.5 Å². The molecule has 114 valence electrons. The van der Waals surface area contributed by atoms with E-state index in [0.717, 1.165) is 28.0 Å². The number of nitrogens with zero attached hydrogens (tertiary/aromatic N) is 2. The van der Waals surface area contributed by atoms with Crippen molar-refractivity contribution in [2.24, 2.45) is 5.92 Å². The third-order valence-electron chi connectivity index (χ3n) is 4.77. The molecule has 0 amide bonds. The summed E-state index contributed by atoms with van der Waals surface area (Å²) in [4.78, 5) is 8.23. The van der Waals surface area contributed by atoms with Crippen LogP contribution in [0.5, 0.6) is 0 Å². The summed E-state index contributed by atoms with van der Waals surface area (Å²) in [7, 11) is 2.17. The fourth-order valence-electron chi connectivity index (χ4n) is 2.98. The highest BCUT2D eigenvalue weighted by molar-refractivity contribution is 7.15. The molecule has 1 saturated carbocycles. The lowest BCUT2D eigenvalue weighted by Gasteiger charge is -2.33. The monoisotopic (exact) mass is 296 g/mol. The molecule has 1 atom stereocenters. The topological polar surface area (TPSA) is 36.4 Å². The number of rotatable bonds is 5. The zero-order valence-corrected chi connectivity index (χ0v) is 14.0. The Kier molecular flexibility index (Phi) is 5.44. The van der Waals surface area contributed by atoms with Gasteiger partial charge >= 0.3 is 0 Å². The van der Waals surface area contributed by atoms with Gasteiger partial charge < -0.3 is 10.0 Å². The van der Waals surface area contributed by atoms with Crippen LogP contribution in [-0.4, -0.2) is 23.2 Å². The van der Waals surface area contributed by atoms with E-state index in [1.165, 1.54) is 25.7 Å². The molecule has 1 fully saturated rings. The number of anilines is 1. The number of hydrogen-bond donors (Lipinski definition) is 1. The predicted octanol–water partition coefficient (Wildman–Crippen LogP) is 4.16. The van der Waals surface area contributed by atoms with Crippen LogP contribution < -0.4 is 4.90 Å². The maximum atomic E-state index is 9.55. The number of aliphatic hydroxyl groups excluding tert-OH is 1. The van der Waals surface area contributed by atoms with Crippen LogP contribution in [0.4, 0.5) is 5.13 Å². The van der Waals surface area contributed by atoms with Gasteiger partial charge in [-0.15, -0.1) is 0 Å². The van der Waals surface area contributed by atoms with Gasteiger partial charge in [0.25, 0.3) is 0 Å². The molecule has 3 nitrogen and oxygen atoms in total. The lowest BCUT2D eigenvalue weighted by molar-refractivity contribution is 0.283. The van der Waals surface area contributed by atoms with Crippen LogP contribution in [0.2, 0.25) is 0 Å². The highest BCUT2D eigenvalue weighted by atomic mass is 32.1. The first-order chi connectivity index (χ1) is 9.56. The maximum absolute atomic E-state index is 9.55. The molecule has 0 saturated heterocycles. The fourth-order valence-corrected chi connectivity index (χ4v) is 4.05. The molecule has 0 aromatic carbocycles. The third kappa shape index (κ3) is 3.34. The summed E-state index contributed by atoms with van der Waals surface area (Å²) in [5.74, 6) is 1.31. The Morgan fingerprint density at radius 1 is 1.35 bits per heavy atom. The van der Waals surface area contributed by atoms with Gasteiger partial charge in [0.2, 0.25) is 0 Å². The fraction of sp³-hybridized carbons (Fsp3) is 0.812. The van der Waals surface area contributed by atoms with Gasteiger partial charge in [-0.1, -0.05) is 32.1 Å². The minimum Gasteiger partial charge on any atom is -0.391 e. The van der Waals surface area contributed by atoms with Gasteiger partial charge in [-0.25, -0.2) is 4.98 Å². The van der Waals surface area contributed by atoms with E-state index in [0.29, 0.717) is 12.0 Å². The molecule has 4 heteroatoms. The molecule has 1 N–H and O–H groups in total. The van der Waals surface area contributed by atoms with Crippen molar-refractivity contribution in [1.29, 1.82) is 0 Å². The van der Waals surface area contributed by atoms with E-state index in [2.05, 4.69) is 32.7 Å². The van der Waals surface area contributed by atoms with E-state index < -0.39 is 0 Å². The van der Waals surface area contributed by atoms with Crippen LogP contribution in [-0.2, 0) is 6.61 Å². The molecule has 1 aliphatic rings. The van der Waals surface area contributed by atoms with Gasteiger partial charge in [-0.3, -0.25) is 0 Å². The average molecular weight is 296 g/mol. The molecule has 0 spiro atoms. The Morgan fingerprint density at radius 2 is 2.00 bits per heavy atom. The Hall–Kier alpha value is -0.610. The quantitative estimate of drug-likeness (QED) is 0.886. The van der Waals surface area contributed by atoms with Gasteiger partial charge in [0.1, 0.15) is 0 Å². The van der Waals surface area contributed by atoms with Crippen molar-refractivity contribution in [3.63, 3.8) is 0 Å². The molecular formula is C16H28N2OS. The van der Waals surface area contributed by atoms with Crippen LogP contribution in [0.25, 0.3) is 0 Å². The summed E-state index contributed by atoms with van der Waals surface area (Å²) in [5, 5.41) is 10.6. The van der Waals surface area contributed by atoms with Crippen molar-refractivity contribution in [2.75, 3.05) is 11.9 Å². The second-order valence-corrected chi connectivity index (χ2v) is 7.36. The van der Waals surface area contributed by atoms with E-state index in [9.17, 15) is 5.11 Å². The Morgan fingerprint density at radius 3 is 2.55 bits per heavy atom. The minimum absolute atomic E-state index is 0.118. The largest absolute Gasteiger partial charge is 0.391 e. The van der Waals surface area contributed by atoms with Gasteiger partial charge in [-0.05, 0) is 43.9 Å². The molecule has 1 unspecified atom stereocenters. The zero-order valence-electron chi connectivity index (χ0n) is 13.2. The molecule has 1 heterocycles. The van der Waals surface area contributed by atoms with Crippen LogP contribution in [0.3, 0.4) is 0 Å². The SMILES string of the molecule is CCC(C)c1nc(N(C)C2CCC(C)CC2)sc1CO. The summed E-state index contributed by atoms with van der Waals surface area (Å²) in [6.07, 6.45) is 6.26. The van der Waals surface area contributed by atoms with E-state index in [-0.39, 0.29) is 6.61 Å².